The van der Waals surface area contributed by atoms with Crippen LogP contribution < -0.4 is 5.32 Å². The van der Waals surface area contributed by atoms with E-state index in [9.17, 15) is 4.79 Å². The highest BCUT2D eigenvalue weighted by Crippen LogP contribution is 2.04. The van der Waals surface area contributed by atoms with Gasteiger partial charge in [-0.15, -0.1) is 0 Å². The van der Waals surface area contributed by atoms with Crippen LogP contribution in [-0.4, -0.2) is 17.4 Å². The summed E-state index contributed by atoms with van der Waals surface area (Å²) in [4.78, 5) is 14.6. The van der Waals surface area contributed by atoms with Gasteiger partial charge in [0, 0.05) is 12.8 Å². The van der Waals surface area contributed by atoms with Crippen LogP contribution in [0.25, 0.3) is 0 Å². The topological polar surface area (TPSA) is 85.5 Å². The fourth-order valence-corrected chi connectivity index (χ4v) is 0.814. The number of rotatable bonds is 5. The molecule has 0 saturated carbocycles. The van der Waals surface area contributed by atoms with Crippen LogP contribution in [-0.2, 0) is 4.79 Å². The number of nitrogens with one attached hydrogen (secondary N) is 1. The van der Waals surface area contributed by atoms with Gasteiger partial charge in [0.05, 0.1) is 12.4 Å². The second-order valence-corrected chi connectivity index (χ2v) is 3.00. The number of nitriles is 1. The molecule has 15 heavy (non-hydrogen) atoms. The van der Waals surface area contributed by atoms with Gasteiger partial charge in [-0.1, -0.05) is 19.2 Å². The van der Waals surface area contributed by atoms with E-state index in [2.05, 4.69) is 22.6 Å². The Kier molecular flexibility index (Phi) is 6.36. The van der Waals surface area contributed by atoms with Crippen molar-refractivity contribution in [2.75, 3.05) is 0 Å². The van der Waals surface area contributed by atoms with E-state index in [1.807, 2.05) is 6.07 Å². The molecular formula is C10H13N3O2. The van der Waals surface area contributed by atoms with Crippen molar-refractivity contribution in [3.05, 3.63) is 18.2 Å². The summed E-state index contributed by atoms with van der Waals surface area (Å²) in [5.74, 6) is -0.634. The molecule has 0 heterocycles. The minimum atomic E-state index is -0.389. The zero-order valence-electron chi connectivity index (χ0n) is 8.53. The van der Waals surface area contributed by atoms with Crippen molar-refractivity contribution < 1.29 is 9.90 Å². The number of amides is 1. The highest BCUT2D eigenvalue weighted by molar-refractivity contribution is 5.87. The van der Waals surface area contributed by atoms with Gasteiger partial charge in [-0.25, -0.2) is 0 Å². The summed E-state index contributed by atoms with van der Waals surface area (Å²) in [5, 5.41) is 19.5. The molecule has 0 spiro atoms. The molecule has 1 amide bonds. The van der Waals surface area contributed by atoms with E-state index >= 15 is 0 Å². The van der Waals surface area contributed by atoms with Crippen LogP contribution in [0.5, 0.6) is 0 Å². The number of hydrogen-bond donors (Lipinski definition) is 2. The molecule has 0 aliphatic carbocycles. The molecule has 0 aliphatic heterocycles. The van der Waals surface area contributed by atoms with Crippen molar-refractivity contribution in [3.8, 4) is 6.07 Å². The van der Waals surface area contributed by atoms with Gasteiger partial charge < -0.3 is 10.4 Å². The quantitative estimate of drug-likeness (QED) is 0.308. The normalized spacial score (nSPS) is 11.5. The van der Waals surface area contributed by atoms with Gasteiger partial charge >= 0.3 is 0 Å². The summed E-state index contributed by atoms with van der Waals surface area (Å²) >= 11 is 0. The lowest BCUT2D eigenvalue weighted by atomic mass is 10.1. The largest absolute Gasteiger partial charge is 0.487 e. The molecule has 2 N–H and O–H groups in total. The van der Waals surface area contributed by atoms with Crippen LogP contribution >= 0.6 is 0 Å². The third-order valence-electron chi connectivity index (χ3n) is 1.54. The second-order valence-electron chi connectivity index (χ2n) is 3.00. The summed E-state index contributed by atoms with van der Waals surface area (Å²) in [5.41, 5.74) is 2.13. The SMILES string of the molecule is C=C=C(O)/N=C\NC(=O)C[C@H](C)CC#N. The van der Waals surface area contributed by atoms with E-state index in [-0.39, 0.29) is 24.1 Å². The maximum atomic E-state index is 11.2. The maximum absolute atomic E-state index is 11.2. The average molecular weight is 207 g/mol. The van der Waals surface area contributed by atoms with E-state index in [1.54, 1.807) is 6.92 Å². The first-order chi connectivity index (χ1) is 7.10. The fourth-order valence-electron chi connectivity index (χ4n) is 0.814. The molecule has 1 atom stereocenters. The average Bonchev–Trinajstić information content (AvgIpc) is 2.17. The van der Waals surface area contributed by atoms with Crippen molar-refractivity contribution in [3.63, 3.8) is 0 Å². The van der Waals surface area contributed by atoms with Gasteiger partial charge in [-0.05, 0) is 5.92 Å². The maximum Gasteiger partial charge on any atom is 0.258 e. The molecule has 5 nitrogen and oxygen atoms in total. The number of aliphatic hydroxyl groups excluding tert-OH is 1. The lowest BCUT2D eigenvalue weighted by Crippen LogP contribution is -2.23. The van der Waals surface area contributed by atoms with Crippen molar-refractivity contribution in [1.29, 1.82) is 5.26 Å². The van der Waals surface area contributed by atoms with Crippen molar-refractivity contribution >= 4 is 12.2 Å². The van der Waals surface area contributed by atoms with Gasteiger partial charge in [0.1, 0.15) is 0 Å². The Bertz CT molecular complexity index is 335. The summed E-state index contributed by atoms with van der Waals surface area (Å²) in [7, 11) is 0. The predicted octanol–water partition coefficient (Wildman–Crippen LogP) is 1.26. The summed E-state index contributed by atoms with van der Waals surface area (Å²) in [6.07, 6.45) is 1.65. The van der Waals surface area contributed by atoms with E-state index in [0.717, 1.165) is 6.34 Å². The van der Waals surface area contributed by atoms with Gasteiger partial charge in [0.2, 0.25) is 5.91 Å². The fraction of sp³-hybridized carbons (Fsp3) is 0.400. The molecule has 0 aliphatic rings. The molecule has 0 saturated heterocycles. The molecule has 0 radical (unpaired) electrons. The lowest BCUT2D eigenvalue weighted by Gasteiger charge is -2.04. The van der Waals surface area contributed by atoms with E-state index in [0.29, 0.717) is 6.42 Å². The standard InChI is InChI=1S/C10H13N3O2/c1-3-9(14)12-7-13-10(15)6-8(2)4-5-11/h7-8,14H,1,4,6H2,2H3,(H,12,13,15)/t8-/m1/s1. The van der Waals surface area contributed by atoms with Crippen LogP contribution in [0.4, 0.5) is 0 Å². The Morgan fingerprint density at radius 2 is 2.47 bits per heavy atom. The highest BCUT2D eigenvalue weighted by Gasteiger charge is 2.06. The Morgan fingerprint density at radius 1 is 1.80 bits per heavy atom. The van der Waals surface area contributed by atoms with Crippen LogP contribution in [0.2, 0.25) is 0 Å². The van der Waals surface area contributed by atoms with Crippen molar-refractivity contribution in [1.82, 2.24) is 5.32 Å². The smallest absolute Gasteiger partial charge is 0.258 e. The molecule has 0 fully saturated rings. The third-order valence-corrected chi connectivity index (χ3v) is 1.54. The molecule has 80 valence electrons. The molecule has 0 aromatic rings. The summed E-state index contributed by atoms with van der Waals surface area (Å²) < 4.78 is 0. The number of aliphatic hydroxyl groups is 1. The Hall–Kier alpha value is -2.05. The van der Waals surface area contributed by atoms with Gasteiger partial charge in [-0.2, -0.15) is 10.3 Å². The number of hydrogen-bond acceptors (Lipinski definition) is 4. The highest BCUT2D eigenvalue weighted by atomic mass is 16.3. The lowest BCUT2D eigenvalue weighted by molar-refractivity contribution is -0.120. The minimum absolute atomic E-state index is 0.00643. The van der Waals surface area contributed by atoms with Gasteiger partial charge in [-0.3, -0.25) is 4.79 Å². The number of carbonyl (C=O) groups excluding carboxylic acids is 1. The molecule has 0 rings (SSSR count). The zero-order chi connectivity index (χ0) is 11.7. The van der Waals surface area contributed by atoms with Gasteiger partial charge in [0.25, 0.3) is 5.88 Å². The molecule has 5 heteroatoms. The first kappa shape index (κ1) is 12.9. The first-order valence-electron chi connectivity index (χ1n) is 4.38. The second kappa shape index (κ2) is 7.36. The van der Waals surface area contributed by atoms with Crippen LogP contribution in [0.15, 0.2) is 23.2 Å². The summed E-state index contributed by atoms with van der Waals surface area (Å²) in [6, 6.07) is 1.98. The summed E-state index contributed by atoms with van der Waals surface area (Å²) in [6.45, 7) is 4.96. The number of aliphatic imine (C=N–C) groups is 1. The minimum Gasteiger partial charge on any atom is -0.487 e. The number of nitrogens with zero attached hydrogens (tertiary/aromatic N) is 2. The third kappa shape index (κ3) is 7.05. The molecule has 0 aromatic carbocycles. The van der Waals surface area contributed by atoms with Crippen LogP contribution in [0.3, 0.4) is 0 Å². The molecule has 0 aromatic heterocycles. The van der Waals surface area contributed by atoms with Crippen LogP contribution in [0.1, 0.15) is 19.8 Å². The predicted molar refractivity (Wildman–Crippen MR) is 55.9 cm³/mol. The van der Waals surface area contributed by atoms with Crippen molar-refractivity contribution in [2.45, 2.75) is 19.8 Å². The Balaban J connectivity index is 3.91. The zero-order valence-corrected chi connectivity index (χ0v) is 8.53. The van der Waals surface area contributed by atoms with E-state index in [1.165, 1.54) is 0 Å². The van der Waals surface area contributed by atoms with Crippen LogP contribution in [0, 0.1) is 17.2 Å². The molecule has 0 bridgehead atoms. The molecule has 0 unspecified atom stereocenters. The Morgan fingerprint density at radius 3 is 3.00 bits per heavy atom. The Labute approximate surface area is 88.4 Å². The van der Waals surface area contributed by atoms with Gasteiger partial charge in [0.15, 0.2) is 0 Å². The first-order valence-corrected chi connectivity index (χ1v) is 4.38. The molecular weight excluding hydrogens is 194 g/mol. The number of carbonyl (C=O) groups is 1. The van der Waals surface area contributed by atoms with Crippen molar-refractivity contribution in [2.24, 2.45) is 10.9 Å². The monoisotopic (exact) mass is 207 g/mol. The van der Waals surface area contributed by atoms with E-state index < -0.39 is 0 Å². The van der Waals surface area contributed by atoms with E-state index in [4.69, 9.17) is 10.4 Å².